The fraction of sp³-hybridized carbons (Fsp3) is 0.167. The van der Waals surface area contributed by atoms with E-state index in [1.54, 1.807) is 0 Å². The Morgan fingerprint density at radius 3 is 2.09 bits per heavy atom. The van der Waals surface area contributed by atoms with Crippen LogP contribution in [0.1, 0.15) is 38.5 Å². The van der Waals surface area contributed by atoms with Crippen molar-refractivity contribution in [1.29, 1.82) is 0 Å². The molecule has 32 heavy (non-hydrogen) atoms. The van der Waals surface area contributed by atoms with Crippen molar-refractivity contribution < 1.29 is 32.6 Å². The highest BCUT2D eigenvalue weighted by Crippen LogP contribution is 2.44. The number of carbonyl (C=O) groups is 2. The lowest BCUT2D eigenvalue weighted by molar-refractivity contribution is -0.138. The Balaban J connectivity index is 1.56. The van der Waals surface area contributed by atoms with Crippen molar-refractivity contribution in [2.45, 2.75) is 19.0 Å². The normalized spacial score (nSPS) is 12.8. The molecule has 0 saturated carbocycles. The van der Waals surface area contributed by atoms with Crippen LogP contribution < -0.4 is 5.32 Å². The molecule has 0 fully saturated rings. The van der Waals surface area contributed by atoms with E-state index in [2.05, 4.69) is 5.32 Å². The maximum Gasteiger partial charge on any atom is 0.416 e. The predicted octanol–water partition coefficient (Wildman–Crippen LogP) is 6.07. The number of benzene rings is 3. The van der Waals surface area contributed by atoms with E-state index in [1.807, 2.05) is 48.5 Å². The molecule has 1 aliphatic carbocycles. The molecule has 3 aromatic rings. The molecular formula is C24H18F3NO4. The number of amides is 1. The molecule has 3 aromatic carbocycles. The van der Waals surface area contributed by atoms with Crippen molar-refractivity contribution in [3.63, 3.8) is 0 Å². The van der Waals surface area contributed by atoms with E-state index in [1.165, 1.54) is 0 Å². The molecule has 2 N–H and O–H groups in total. The van der Waals surface area contributed by atoms with Gasteiger partial charge in [0.25, 0.3) is 0 Å². The minimum Gasteiger partial charge on any atom is -0.478 e. The average Bonchev–Trinajstić information content (AvgIpc) is 3.06. The molecule has 0 radical (unpaired) electrons. The van der Waals surface area contributed by atoms with Gasteiger partial charge in [0.2, 0.25) is 0 Å². The molecule has 0 unspecified atom stereocenters. The number of anilines is 1. The lowest BCUT2D eigenvalue weighted by atomic mass is 9.98. The maximum absolute atomic E-state index is 13.3. The van der Waals surface area contributed by atoms with Crippen LogP contribution in [-0.4, -0.2) is 23.8 Å². The fourth-order valence-electron chi connectivity index (χ4n) is 4.01. The topological polar surface area (TPSA) is 75.6 Å². The number of aromatic carboxylic acids is 1. The third kappa shape index (κ3) is 3.91. The summed E-state index contributed by atoms with van der Waals surface area (Å²) in [6, 6.07) is 17.0. The number of carboxylic acids is 1. The second-order valence-corrected chi connectivity index (χ2v) is 7.45. The number of rotatable bonds is 4. The van der Waals surface area contributed by atoms with Gasteiger partial charge in [0, 0.05) is 11.6 Å². The average molecular weight is 441 g/mol. The van der Waals surface area contributed by atoms with Crippen LogP contribution >= 0.6 is 0 Å². The van der Waals surface area contributed by atoms with Crippen LogP contribution in [0.2, 0.25) is 0 Å². The SMILES string of the molecule is Cc1c(NC(=O)OCC2c3ccccc3-c3ccccc32)cc(C(=O)O)cc1C(F)(F)F. The van der Waals surface area contributed by atoms with Crippen LogP contribution in [0.5, 0.6) is 0 Å². The smallest absolute Gasteiger partial charge is 0.416 e. The first kappa shape index (κ1) is 21.4. The summed E-state index contributed by atoms with van der Waals surface area (Å²) in [5.74, 6) is -1.75. The molecular weight excluding hydrogens is 423 g/mol. The second-order valence-electron chi connectivity index (χ2n) is 7.45. The van der Waals surface area contributed by atoms with Crippen LogP contribution in [0.3, 0.4) is 0 Å². The fourth-order valence-corrected chi connectivity index (χ4v) is 4.01. The Morgan fingerprint density at radius 1 is 1.00 bits per heavy atom. The quantitative estimate of drug-likeness (QED) is 0.515. The van der Waals surface area contributed by atoms with Gasteiger partial charge in [0.15, 0.2) is 0 Å². The minimum absolute atomic E-state index is 0.0241. The first-order valence-electron chi connectivity index (χ1n) is 9.74. The molecule has 0 aromatic heterocycles. The summed E-state index contributed by atoms with van der Waals surface area (Å²) in [5.41, 5.74) is 1.78. The van der Waals surface area contributed by atoms with Crippen LogP contribution in [0.15, 0.2) is 60.7 Å². The summed E-state index contributed by atoms with van der Waals surface area (Å²) >= 11 is 0. The molecule has 1 aliphatic rings. The van der Waals surface area contributed by atoms with E-state index >= 15 is 0 Å². The Morgan fingerprint density at radius 2 is 1.56 bits per heavy atom. The zero-order valence-electron chi connectivity index (χ0n) is 16.9. The van der Waals surface area contributed by atoms with Crippen LogP contribution in [0.4, 0.5) is 23.7 Å². The third-order valence-corrected chi connectivity index (χ3v) is 5.54. The molecule has 0 heterocycles. The summed E-state index contributed by atoms with van der Waals surface area (Å²) in [6.45, 7) is 1.14. The summed E-state index contributed by atoms with van der Waals surface area (Å²) in [6.07, 6.45) is -5.74. The minimum atomic E-state index is -4.77. The lowest BCUT2D eigenvalue weighted by Gasteiger charge is -2.17. The molecule has 0 saturated heterocycles. The number of ether oxygens (including phenoxy) is 1. The first-order valence-corrected chi connectivity index (χ1v) is 9.74. The Kier molecular flexibility index (Phi) is 5.38. The van der Waals surface area contributed by atoms with Gasteiger partial charge in [0.1, 0.15) is 6.61 Å². The van der Waals surface area contributed by atoms with Crippen molar-refractivity contribution in [1.82, 2.24) is 0 Å². The van der Waals surface area contributed by atoms with Crippen LogP contribution in [-0.2, 0) is 10.9 Å². The summed E-state index contributed by atoms with van der Waals surface area (Å²) < 4.78 is 45.3. The molecule has 0 spiro atoms. The van der Waals surface area contributed by atoms with Gasteiger partial charge < -0.3 is 9.84 Å². The third-order valence-electron chi connectivity index (χ3n) is 5.54. The number of halogens is 3. The van der Waals surface area contributed by atoms with Crippen molar-refractivity contribution in [3.8, 4) is 11.1 Å². The number of hydrogen-bond acceptors (Lipinski definition) is 3. The van der Waals surface area contributed by atoms with Crippen LogP contribution in [0.25, 0.3) is 11.1 Å². The number of fused-ring (bicyclic) bond motifs is 3. The highest BCUT2D eigenvalue weighted by Gasteiger charge is 2.35. The van der Waals surface area contributed by atoms with Gasteiger partial charge in [0.05, 0.1) is 11.1 Å². The van der Waals surface area contributed by atoms with E-state index < -0.39 is 29.4 Å². The zero-order chi connectivity index (χ0) is 23.0. The van der Waals surface area contributed by atoms with Gasteiger partial charge in [-0.2, -0.15) is 13.2 Å². The van der Waals surface area contributed by atoms with E-state index in [-0.39, 0.29) is 23.8 Å². The highest BCUT2D eigenvalue weighted by molar-refractivity contribution is 5.93. The van der Waals surface area contributed by atoms with Gasteiger partial charge in [-0.3, -0.25) is 5.32 Å². The van der Waals surface area contributed by atoms with E-state index in [0.29, 0.717) is 6.07 Å². The Labute approximate surface area is 181 Å². The lowest BCUT2D eigenvalue weighted by Crippen LogP contribution is -2.20. The van der Waals surface area contributed by atoms with Crippen LogP contribution in [0, 0.1) is 6.92 Å². The standard InChI is InChI=1S/C24H18F3NO4/c1-13-20(24(25,26)27)10-14(22(29)30)11-21(13)28-23(31)32-12-19-17-8-4-2-6-15(17)16-7-3-5-9-18(16)19/h2-11,19H,12H2,1H3,(H,28,31)(H,29,30). The molecule has 164 valence electrons. The van der Waals surface area contributed by atoms with E-state index in [0.717, 1.165) is 35.2 Å². The number of hydrogen-bond donors (Lipinski definition) is 2. The van der Waals surface area contributed by atoms with Crippen molar-refractivity contribution in [2.75, 3.05) is 11.9 Å². The summed E-state index contributed by atoms with van der Waals surface area (Å²) in [5, 5.41) is 11.4. The van der Waals surface area contributed by atoms with Gasteiger partial charge in [-0.1, -0.05) is 48.5 Å². The van der Waals surface area contributed by atoms with Crippen molar-refractivity contribution in [3.05, 3.63) is 88.5 Å². The van der Waals surface area contributed by atoms with Gasteiger partial charge in [-0.05, 0) is 46.9 Å². The Hall–Kier alpha value is -3.81. The Bertz CT molecular complexity index is 1170. The van der Waals surface area contributed by atoms with Gasteiger partial charge >= 0.3 is 18.2 Å². The van der Waals surface area contributed by atoms with Crippen molar-refractivity contribution in [2.24, 2.45) is 0 Å². The molecule has 5 nitrogen and oxygen atoms in total. The second kappa shape index (κ2) is 8.03. The number of carboxylic acid groups (broad SMARTS) is 1. The van der Waals surface area contributed by atoms with Gasteiger partial charge in [-0.15, -0.1) is 0 Å². The molecule has 1 amide bonds. The highest BCUT2D eigenvalue weighted by atomic mass is 19.4. The molecule has 0 bridgehead atoms. The number of alkyl halides is 3. The largest absolute Gasteiger partial charge is 0.478 e. The summed E-state index contributed by atoms with van der Waals surface area (Å²) in [7, 11) is 0. The van der Waals surface area contributed by atoms with Gasteiger partial charge in [-0.25, -0.2) is 9.59 Å². The first-order chi connectivity index (χ1) is 15.2. The zero-order valence-corrected chi connectivity index (χ0v) is 16.9. The van der Waals surface area contributed by atoms with Crippen molar-refractivity contribution >= 4 is 17.7 Å². The maximum atomic E-state index is 13.3. The number of carbonyl (C=O) groups excluding carboxylic acids is 1. The molecule has 0 aliphatic heterocycles. The summed E-state index contributed by atoms with van der Waals surface area (Å²) in [4.78, 5) is 23.7. The molecule has 4 rings (SSSR count). The predicted molar refractivity (Wildman–Crippen MR) is 112 cm³/mol. The van der Waals surface area contributed by atoms with E-state index in [9.17, 15) is 22.8 Å². The monoisotopic (exact) mass is 441 g/mol. The number of nitrogens with one attached hydrogen (secondary N) is 1. The molecule has 8 heteroatoms. The molecule has 0 atom stereocenters. The van der Waals surface area contributed by atoms with E-state index in [4.69, 9.17) is 9.84 Å².